The summed E-state index contributed by atoms with van der Waals surface area (Å²) in [5.41, 5.74) is 0. The predicted molar refractivity (Wildman–Crippen MR) is 66.0 cm³/mol. The Balaban J connectivity index is 0. The van der Waals surface area contributed by atoms with Gasteiger partial charge in [-0.3, -0.25) is 4.55 Å². The van der Waals surface area contributed by atoms with Gasteiger partial charge in [0.05, 0.1) is 11.5 Å². The van der Waals surface area contributed by atoms with E-state index in [1.54, 1.807) is 6.92 Å². The van der Waals surface area contributed by atoms with Gasteiger partial charge in [-0.1, -0.05) is 13.5 Å². The lowest BCUT2D eigenvalue weighted by Gasteiger charge is -2.09. The number of nitrogens with zero attached hydrogens (tertiary/aromatic N) is 1. The third kappa shape index (κ3) is 23.3. The van der Waals surface area contributed by atoms with Crippen LogP contribution in [0.3, 0.4) is 0 Å². The number of hydrogen-bond acceptors (Lipinski definition) is 4. The Morgan fingerprint density at radius 3 is 2.12 bits per heavy atom. The Hall–Kier alpha value is -0.590. The first kappa shape index (κ1) is 17.8. The molecule has 0 amide bonds. The van der Waals surface area contributed by atoms with Crippen LogP contribution in [0.1, 0.15) is 20.3 Å². The maximum atomic E-state index is 9.79. The van der Waals surface area contributed by atoms with E-state index in [4.69, 9.17) is 9.29 Å². The number of allylic oxidation sites excluding steroid dienone is 1. The van der Waals surface area contributed by atoms with E-state index >= 15 is 0 Å². The molecule has 0 aromatic carbocycles. The molecule has 0 aromatic rings. The van der Waals surface area contributed by atoms with Crippen molar-refractivity contribution in [1.82, 2.24) is 4.90 Å². The number of likely N-dealkylation sites (N-methyl/N-ethyl adjacent to an activating group) is 1. The van der Waals surface area contributed by atoms with Crippen molar-refractivity contribution in [2.45, 2.75) is 20.3 Å². The van der Waals surface area contributed by atoms with E-state index in [0.717, 1.165) is 18.9 Å². The minimum Gasteiger partial charge on any atom is -0.498 e. The fourth-order valence-corrected chi connectivity index (χ4v) is 1.18. The van der Waals surface area contributed by atoms with Crippen LogP contribution in [-0.2, 0) is 14.9 Å². The second-order valence-electron chi connectivity index (χ2n) is 3.64. The quantitative estimate of drug-likeness (QED) is 0.572. The van der Waals surface area contributed by atoms with Crippen LogP contribution in [-0.4, -0.2) is 50.9 Å². The molecule has 0 unspecified atom stereocenters. The third-order valence-electron chi connectivity index (χ3n) is 1.35. The van der Waals surface area contributed by atoms with Gasteiger partial charge in [-0.05, 0) is 27.4 Å². The summed E-state index contributed by atoms with van der Waals surface area (Å²) in [7, 11) is 0.357. The average molecular weight is 253 g/mol. The molecule has 0 aliphatic rings. The second-order valence-corrected chi connectivity index (χ2v) is 5.21. The molecule has 16 heavy (non-hydrogen) atoms. The predicted octanol–water partition coefficient (Wildman–Crippen LogP) is 1.38. The molecule has 98 valence electrons. The van der Waals surface area contributed by atoms with Crippen molar-refractivity contribution in [1.29, 1.82) is 0 Å². The van der Waals surface area contributed by atoms with Gasteiger partial charge >= 0.3 is 0 Å². The molecular weight excluding hydrogens is 230 g/mol. The van der Waals surface area contributed by atoms with Crippen molar-refractivity contribution >= 4 is 10.1 Å². The molecule has 0 aliphatic carbocycles. The number of hydrogen-bond donors (Lipinski definition) is 1. The Morgan fingerprint density at radius 1 is 1.44 bits per heavy atom. The van der Waals surface area contributed by atoms with E-state index in [1.807, 2.05) is 21.0 Å². The van der Waals surface area contributed by atoms with Gasteiger partial charge in [0.25, 0.3) is 10.1 Å². The highest BCUT2D eigenvalue weighted by Crippen LogP contribution is 1.88. The van der Waals surface area contributed by atoms with Crippen LogP contribution < -0.4 is 0 Å². The van der Waals surface area contributed by atoms with Gasteiger partial charge in [0.15, 0.2) is 0 Å². The summed E-state index contributed by atoms with van der Waals surface area (Å²) < 4.78 is 32.7. The fourth-order valence-electron chi connectivity index (χ4n) is 0.660. The van der Waals surface area contributed by atoms with Gasteiger partial charge in [-0.15, -0.1) is 0 Å². The van der Waals surface area contributed by atoms with E-state index in [1.165, 1.54) is 0 Å². The molecule has 0 saturated carbocycles. The Bertz CT molecular complexity index is 273. The summed E-state index contributed by atoms with van der Waals surface area (Å²) >= 11 is 0. The first-order chi connectivity index (χ1) is 7.19. The van der Waals surface area contributed by atoms with Crippen molar-refractivity contribution in [3.05, 3.63) is 12.3 Å². The Labute approximate surface area is 98.8 Å². The van der Waals surface area contributed by atoms with E-state index < -0.39 is 10.1 Å². The van der Waals surface area contributed by atoms with Crippen LogP contribution in [0.15, 0.2) is 12.3 Å². The standard InChI is InChI=1S/C7H15NO.C3H8O3S/c1-7(2)9-6-5-8(3)4;1-2-3-7(4,5)6/h1,5-6H2,2-4H3;2-3H2,1H3,(H,4,5,6). The minimum absolute atomic E-state index is 0.132. The molecule has 0 spiro atoms. The highest BCUT2D eigenvalue weighted by atomic mass is 32.2. The van der Waals surface area contributed by atoms with Crippen molar-refractivity contribution in [2.75, 3.05) is 33.0 Å². The van der Waals surface area contributed by atoms with E-state index in [2.05, 4.69) is 11.5 Å². The average Bonchev–Trinajstić information content (AvgIpc) is 2.00. The van der Waals surface area contributed by atoms with E-state index in [-0.39, 0.29) is 5.75 Å². The van der Waals surface area contributed by atoms with E-state index in [9.17, 15) is 8.42 Å². The normalized spacial score (nSPS) is 10.6. The zero-order valence-electron chi connectivity index (χ0n) is 10.6. The highest BCUT2D eigenvalue weighted by molar-refractivity contribution is 7.85. The Morgan fingerprint density at radius 2 is 1.94 bits per heavy atom. The molecule has 0 heterocycles. The molecule has 6 heteroatoms. The topological polar surface area (TPSA) is 66.8 Å². The molecule has 0 aromatic heterocycles. The maximum absolute atomic E-state index is 9.79. The Kier molecular flexibility index (Phi) is 10.7. The lowest BCUT2D eigenvalue weighted by Crippen LogP contribution is -2.17. The lowest BCUT2D eigenvalue weighted by atomic mass is 10.6. The monoisotopic (exact) mass is 253 g/mol. The van der Waals surface area contributed by atoms with Gasteiger partial charge in [-0.2, -0.15) is 8.42 Å². The van der Waals surface area contributed by atoms with Crippen LogP contribution in [0, 0.1) is 0 Å². The maximum Gasteiger partial charge on any atom is 0.264 e. The number of ether oxygens (including phenoxy) is 1. The van der Waals surface area contributed by atoms with Crippen molar-refractivity contribution in [2.24, 2.45) is 0 Å². The van der Waals surface area contributed by atoms with Crippen LogP contribution in [0.4, 0.5) is 0 Å². The van der Waals surface area contributed by atoms with Gasteiger partial charge < -0.3 is 9.64 Å². The molecule has 5 nitrogen and oxygen atoms in total. The van der Waals surface area contributed by atoms with Gasteiger partial charge in [0.1, 0.15) is 6.61 Å². The SMILES string of the molecule is C=C(C)OCCN(C)C.CCCS(=O)(=O)O. The molecular formula is C10H23NO4S. The van der Waals surface area contributed by atoms with Crippen LogP contribution in [0.5, 0.6) is 0 Å². The molecule has 0 aliphatic heterocycles. The molecule has 0 saturated heterocycles. The summed E-state index contributed by atoms with van der Waals surface area (Å²) in [6, 6.07) is 0. The molecule has 0 atom stereocenters. The molecule has 1 N–H and O–H groups in total. The largest absolute Gasteiger partial charge is 0.498 e. The smallest absolute Gasteiger partial charge is 0.264 e. The highest BCUT2D eigenvalue weighted by Gasteiger charge is 1.98. The van der Waals surface area contributed by atoms with Crippen molar-refractivity contribution in [3.8, 4) is 0 Å². The lowest BCUT2D eigenvalue weighted by molar-refractivity contribution is 0.186. The summed E-state index contributed by atoms with van der Waals surface area (Å²) in [5.74, 6) is 0.657. The number of rotatable bonds is 6. The van der Waals surface area contributed by atoms with Crippen LogP contribution in [0.25, 0.3) is 0 Å². The minimum atomic E-state index is -3.67. The fraction of sp³-hybridized carbons (Fsp3) is 0.800. The van der Waals surface area contributed by atoms with Crippen LogP contribution in [0.2, 0.25) is 0 Å². The summed E-state index contributed by atoms with van der Waals surface area (Å²) in [4.78, 5) is 2.07. The van der Waals surface area contributed by atoms with Gasteiger partial charge in [-0.25, -0.2) is 0 Å². The second kappa shape index (κ2) is 9.62. The van der Waals surface area contributed by atoms with Crippen molar-refractivity contribution < 1.29 is 17.7 Å². The van der Waals surface area contributed by atoms with Gasteiger partial charge in [0, 0.05) is 6.54 Å². The van der Waals surface area contributed by atoms with Gasteiger partial charge in [0.2, 0.25) is 0 Å². The zero-order valence-corrected chi connectivity index (χ0v) is 11.4. The van der Waals surface area contributed by atoms with Crippen LogP contribution >= 0.6 is 0 Å². The summed E-state index contributed by atoms with van der Waals surface area (Å²) in [6.45, 7) is 8.85. The third-order valence-corrected chi connectivity index (χ3v) is 2.27. The first-order valence-electron chi connectivity index (χ1n) is 5.07. The molecule has 0 bridgehead atoms. The summed E-state index contributed by atoms with van der Waals surface area (Å²) in [6.07, 6.45) is 0.471. The zero-order chi connectivity index (χ0) is 13.2. The molecule has 0 rings (SSSR count). The molecule has 0 radical (unpaired) electrons. The van der Waals surface area contributed by atoms with E-state index in [0.29, 0.717) is 6.42 Å². The van der Waals surface area contributed by atoms with Crippen molar-refractivity contribution in [3.63, 3.8) is 0 Å². The molecule has 0 fully saturated rings. The summed E-state index contributed by atoms with van der Waals surface area (Å²) in [5, 5.41) is 0. The first-order valence-corrected chi connectivity index (χ1v) is 6.68.